The number of alkyl halides is 1. The number of benzene rings is 1. The van der Waals surface area contributed by atoms with Gasteiger partial charge in [-0.05, 0) is 24.1 Å². The highest BCUT2D eigenvalue weighted by molar-refractivity contribution is 6.33. The molecule has 1 aromatic carbocycles. The van der Waals surface area contributed by atoms with E-state index in [0.29, 0.717) is 17.7 Å². The number of hydrogen-bond acceptors (Lipinski definition) is 3. The van der Waals surface area contributed by atoms with Crippen molar-refractivity contribution in [1.29, 1.82) is 5.26 Å². The van der Waals surface area contributed by atoms with E-state index >= 15 is 0 Å². The van der Waals surface area contributed by atoms with Crippen molar-refractivity contribution >= 4 is 29.2 Å². The van der Waals surface area contributed by atoms with Crippen molar-refractivity contribution in [3.63, 3.8) is 0 Å². The van der Waals surface area contributed by atoms with Crippen LogP contribution in [0.2, 0.25) is 5.02 Å². The molecule has 0 aliphatic carbocycles. The molecule has 5 heteroatoms. The normalized spacial score (nSPS) is 9.76. The second-order valence-electron chi connectivity index (χ2n) is 3.29. The third kappa shape index (κ3) is 3.36. The van der Waals surface area contributed by atoms with Crippen molar-refractivity contribution < 1.29 is 9.53 Å². The van der Waals surface area contributed by atoms with Gasteiger partial charge in [0.25, 0.3) is 0 Å². The summed E-state index contributed by atoms with van der Waals surface area (Å²) in [7, 11) is 0. The molecule has 90 valence electrons. The van der Waals surface area contributed by atoms with Crippen molar-refractivity contribution in [3.05, 3.63) is 33.8 Å². The van der Waals surface area contributed by atoms with Gasteiger partial charge in [0.15, 0.2) is 0 Å². The minimum absolute atomic E-state index is 0.0320. The van der Waals surface area contributed by atoms with E-state index in [9.17, 15) is 4.79 Å². The molecular formula is C12H11Cl2NO2. The average Bonchev–Trinajstić information content (AvgIpc) is 2.32. The fourth-order valence-electron chi connectivity index (χ4n) is 1.42. The van der Waals surface area contributed by atoms with Crippen molar-refractivity contribution in [3.8, 4) is 6.07 Å². The van der Waals surface area contributed by atoms with Crippen molar-refractivity contribution in [2.75, 3.05) is 6.61 Å². The molecule has 0 saturated heterocycles. The summed E-state index contributed by atoms with van der Waals surface area (Å²) in [5.41, 5.74) is 1.64. The Bertz CT molecular complexity index is 466. The molecule has 0 heterocycles. The standard InChI is InChI=1S/C12H11Cl2NO2/c1-2-17-11(16)5-10-8(6-13)3-4-9(7-15)12(10)14/h3-4H,2,5-6H2,1H3. The van der Waals surface area contributed by atoms with Crippen LogP contribution in [0.1, 0.15) is 23.6 Å². The van der Waals surface area contributed by atoms with Gasteiger partial charge in [-0.3, -0.25) is 4.79 Å². The number of nitrogens with zero attached hydrogens (tertiary/aromatic N) is 1. The number of ether oxygens (including phenoxy) is 1. The van der Waals surface area contributed by atoms with E-state index < -0.39 is 0 Å². The van der Waals surface area contributed by atoms with Crippen molar-refractivity contribution in [2.45, 2.75) is 19.2 Å². The predicted octanol–water partition coefficient (Wildman–Crippen LogP) is 3.06. The van der Waals surface area contributed by atoms with Crippen LogP contribution in [0.5, 0.6) is 0 Å². The van der Waals surface area contributed by atoms with Gasteiger partial charge in [-0.1, -0.05) is 17.7 Å². The molecule has 1 aromatic rings. The van der Waals surface area contributed by atoms with E-state index in [0.717, 1.165) is 5.56 Å². The minimum atomic E-state index is -0.379. The smallest absolute Gasteiger partial charge is 0.310 e. The number of esters is 1. The number of carbonyl (C=O) groups excluding carboxylic acids is 1. The van der Waals surface area contributed by atoms with Crippen LogP contribution in [0, 0.1) is 11.3 Å². The highest BCUT2D eigenvalue weighted by Crippen LogP contribution is 2.26. The first-order valence-corrected chi connectivity index (χ1v) is 5.97. The van der Waals surface area contributed by atoms with Gasteiger partial charge in [0, 0.05) is 5.88 Å². The van der Waals surface area contributed by atoms with E-state index in [-0.39, 0.29) is 23.3 Å². The van der Waals surface area contributed by atoms with Gasteiger partial charge in [-0.15, -0.1) is 11.6 Å². The van der Waals surface area contributed by atoms with E-state index in [4.69, 9.17) is 33.2 Å². The number of carbonyl (C=O) groups is 1. The topological polar surface area (TPSA) is 50.1 Å². The molecule has 0 N–H and O–H groups in total. The highest BCUT2D eigenvalue weighted by atomic mass is 35.5. The molecule has 0 atom stereocenters. The first-order valence-electron chi connectivity index (χ1n) is 5.06. The summed E-state index contributed by atoms with van der Waals surface area (Å²) in [5.74, 6) is -0.143. The zero-order chi connectivity index (χ0) is 12.8. The average molecular weight is 272 g/mol. The van der Waals surface area contributed by atoms with Crippen LogP contribution in [0.25, 0.3) is 0 Å². The molecule has 0 saturated carbocycles. The summed E-state index contributed by atoms with van der Waals surface area (Å²) < 4.78 is 4.85. The van der Waals surface area contributed by atoms with E-state index in [1.54, 1.807) is 19.1 Å². The first-order chi connectivity index (χ1) is 8.13. The molecule has 17 heavy (non-hydrogen) atoms. The lowest BCUT2D eigenvalue weighted by atomic mass is 10.0. The largest absolute Gasteiger partial charge is 0.466 e. The third-order valence-electron chi connectivity index (χ3n) is 2.23. The van der Waals surface area contributed by atoms with Crippen LogP contribution in [-0.2, 0) is 21.8 Å². The fraction of sp³-hybridized carbons (Fsp3) is 0.333. The Hall–Kier alpha value is -1.24. The summed E-state index contributed by atoms with van der Waals surface area (Å²) in [6, 6.07) is 5.26. The van der Waals surface area contributed by atoms with Crippen LogP contribution in [0.3, 0.4) is 0 Å². The molecule has 0 spiro atoms. The molecule has 0 radical (unpaired) electrons. The van der Waals surface area contributed by atoms with Gasteiger partial charge < -0.3 is 4.74 Å². The van der Waals surface area contributed by atoms with Crippen molar-refractivity contribution in [1.82, 2.24) is 0 Å². The molecule has 0 bridgehead atoms. The number of hydrogen-bond donors (Lipinski definition) is 0. The molecule has 0 aliphatic heterocycles. The Labute approximate surface area is 110 Å². The fourth-order valence-corrected chi connectivity index (χ4v) is 1.96. The molecule has 1 rings (SSSR count). The van der Waals surface area contributed by atoms with E-state index in [1.165, 1.54) is 0 Å². The quantitative estimate of drug-likeness (QED) is 0.625. The Balaban J connectivity index is 3.11. The lowest BCUT2D eigenvalue weighted by molar-refractivity contribution is -0.142. The SMILES string of the molecule is CCOC(=O)Cc1c(CCl)ccc(C#N)c1Cl. The lowest BCUT2D eigenvalue weighted by Gasteiger charge is -2.10. The lowest BCUT2D eigenvalue weighted by Crippen LogP contribution is -2.10. The second-order valence-corrected chi connectivity index (χ2v) is 3.94. The van der Waals surface area contributed by atoms with Crippen LogP contribution in [0.15, 0.2) is 12.1 Å². The molecule has 0 unspecified atom stereocenters. The first kappa shape index (κ1) is 13.8. The van der Waals surface area contributed by atoms with E-state index in [1.807, 2.05) is 6.07 Å². The molecule has 0 aliphatic rings. The number of nitriles is 1. The summed E-state index contributed by atoms with van der Waals surface area (Å²) in [5, 5.41) is 9.14. The Kier molecular flexibility index (Phi) is 5.27. The zero-order valence-electron chi connectivity index (χ0n) is 9.30. The third-order valence-corrected chi connectivity index (χ3v) is 2.95. The highest BCUT2D eigenvalue weighted by Gasteiger charge is 2.15. The van der Waals surface area contributed by atoms with Gasteiger partial charge in [0.2, 0.25) is 0 Å². The van der Waals surface area contributed by atoms with E-state index in [2.05, 4.69) is 0 Å². The van der Waals surface area contributed by atoms with Gasteiger partial charge in [0.1, 0.15) is 6.07 Å². The Morgan fingerprint density at radius 1 is 1.53 bits per heavy atom. The van der Waals surface area contributed by atoms with Gasteiger partial charge in [0.05, 0.1) is 23.6 Å². The van der Waals surface area contributed by atoms with Gasteiger partial charge in [-0.25, -0.2) is 0 Å². The van der Waals surface area contributed by atoms with Crippen LogP contribution in [-0.4, -0.2) is 12.6 Å². The van der Waals surface area contributed by atoms with Gasteiger partial charge >= 0.3 is 5.97 Å². The maximum absolute atomic E-state index is 11.4. The number of rotatable bonds is 4. The Morgan fingerprint density at radius 2 is 2.24 bits per heavy atom. The second kappa shape index (κ2) is 6.48. The van der Waals surface area contributed by atoms with Crippen molar-refractivity contribution in [2.24, 2.45) is 0 Å². The molecule has 0 amide bonds. The monoisotopic (exact) mass is 271 g/mol. The summed E-state index contributed by atoms with van der Waals surface area (Å²) in [4.78, 5) is 11.4. The molecule has 0 aromatic heterocycles. The molecule has 0 fully saturated rings. The Morgan fingerprint density at radius 3 is 2.76 bits per heavy atom. The number of halogens is 2. The predicted molar refractivity (Wildman–Crippen MR) is 66.1 cm³/mol. The summed E-state index contributed by atoms with van der Waals surface area (Å²) in [6.07, 6.45) is 0.0320. The van der Waals surface area contributed by atoms with Crippen LogP contribution < -0.4 is 0 Å². The maximum atomic E-state index is 11.4. The summed E-state index contributed by atoms with van der Waals surface area (Å²) in [6.45, 7) is 2.04. The molecule has 3 nitrogen and oxygen atoms in total. The summed E-state index contributed by atoms with van der Waals surface area (Å²) >= 11 is 11.8. The molecular weight excluding hydrogens is 261 g/mol. The van der Waals surface area contributed by atoms with Crippen LogP contribution in [0.4, 0.5) is 0 Å². The minimum Gasteiger partial charge on any atom is -0.466 e. The maximum Gasteiger partial charge on any atom is 0.310 e. The van der Waals surface area contributed by atoms with Crippen LogP contribution >= 0.6 is 23.2 Å². The van der Waals surface area contributed by atoms with Gasteiger partial charge in [-0.2, -0.15) is 5.26 Å². The zero-order valence-corrected chi connectivity index (χ0v) is 10.8.